The van der Waals surface area contributed by atoms with E-state index < -0.39 is 11.4 Å². The summed E-state index contributed by atoms with van der Waals surface area (Å²) in [6.45, 7) is 8.01. The molecule has 0 bridgehead atoms. The van der Waals surface area contributed by atoms with Crippen LogP contribution in [0.25, 0.3) is 0 Å². The van der Waals surface area contributed by atoms with E-state index in [1.54, 1.807) is 13.8 Å². The molecule has 0 aromatic heterocycles. The minimum absolute atomic E-state index is 0.110. The maximum atomic E-state index is 11.0. The Balaban J connectivity index is 2.61. The van der Waals surface area contributed by atoms with Gasteiger partial charge in [0.25, 0.3) is 0 Å². The molecule has 0 aliphatic heterocycles. The lowest BCUT2D eigenvalue weighted by atomic mass is 9.90. The number of anilines is 1. The Bertz CT molecular complexity index is 427. The number of rotatable bonds is 7. The number of carboxylic acids is 1. The summed E-state index contributed by atoms with van der Waals surface area (Å²) in [5, 5.41) is 12.3. The Hall–Kier alpha value is -1.71. The lowest BCUT2D eigenvalue weighted by Gasteiger charge is -2.20. The van der Waals surface area contributed by atoms with E-state index in [0.29, 0.717) is 13.0 Å². The summed E-state index contributed by atoms with van der Waals surface area (Å²) < 4.78 is 5.70. The molecule has 0 spiro atoms. The number of ether oxygens (including phenoxy) is 1. The third-order valence-corrected chi connectivity index (χ3v) is 2.89. The van der Waals surface area contributed by atoms with Crippen molar-refractivity contribution in [3.8, 4) is 5.75 Å². The Morgan fingerprint density at radius 2 is 2.00 bits per heavy atom. The summed E-state index contributed by atoms with van der Waals surface area (Å²) in [7, 11) is 0. The van der Waals surface area contributed by atoms with Crippen LogP contribution in [0.2, 0.25) is 0 Å². The molecule has 0 aliphatic rings. The van der Waals surface area contributed by atoms with E-state index in [0.717, 1.165) is 11.4 Å². The van der Waals surface area contributed by atoms with Crippen molar-refractivity contribution in [1.82, 2.24) is 0 Å². The van der Waals surface area contributed by atoms with E-state index in [4.69, 9.17) is 9.84 Å². The molecule has 0 saturated carbocycles. The molecule has 0 atom stereocenters. The molecule has 0 amide bonds. The van der Waals surface area contributed by atoms with Crippen molar-refractivity contribution in [2.75, 3.05) is 11.9 Å². The molecule has 0 fully saturated rings. The zero-order chi connectivity index (χ0) is 14.5. The van der Waals surface area contributed by atoms with Gasteiger partial charge in [0.15, 0.2) is 0 Å². The van der Waals surface area contributed by atoms with Crippen LogP contribution in [-0.2, 0) is 4.79 Å². The second-order valence-electron chi connectivity index (χ2n) is 5.53. The number of benzene rings is 1. The fraction of sp³-hybridized carbons (Fsp3) is 0.533. The molecule has 0 saturated heterocycles. The summed E-state index contributed by atoms with van der Waals surface area (Å²) >= 11 is 0. The van der Waals surface area contributed by atoms with Gasteiger partial charge in [0.1, 0.15) is 5.75 Å². The Labute approximate surface area is 114 Å². The first-order valence-corrected chi connectivity index (χ1v) is 6.56. The molecule has 0 heterocycles. The van der Waals surface area contributed by atoms with Crippen molar-refractivity contribution in [3.05, 3.63) is 24.3 Å². The number of nitrogens with one attached hydrogen (secondary N) is 1. The first kappa shape index (κ1) is 15.3. The SMILES string of the molecule is CC(C)Oc1ccccc1NCCC(C)(C)C(=O)O. The van der Waals surface area contributed by atoms with Gasteiger partial charge in [-0.25, -0.2) is 0 Å². The van der Waals surface area contributed by atoms with Crippen molar-refractivity contribution < 1.29 is 14.6 Å². The maximum Gasteiger partial charge on any atom is 0.309 e. The molecule has 4 heteroatoms. The average molecular weight is 265 g/mol. The number of para-hydroxylation sites is 2. The molecule has 106 valence electrons. The molecule has 1 aromatic carbocycles. The van der Waals surface area contributed by atoms with Gasteiger partial charge in [0.2, 0.25) is 0 Å². The molecule has 1 rings (SSSR count). The first-order valence-electron chi connectivity index (χ1n) is 6.56. The van der Waals surface area contributed by atoms with Gasteiger partial charge in [-0.3, -0.25) is 4.79 Å². The number of carboxylic acid groups (broad SMARTS) is 1. The minimum atomic E-state index is -0.777. The predicted octanol–water partition coefficient (Wildman–Crippen LogP) is 3.39. The molecule has 1 aromatic rings. The number of hydrogen-bond acceptors (Lipinski definition) is 3. The van der Waals surface area contributed by atoms with Crippen molar-refractivity contribution in [3.63, 3.8) is 0 Å². The molecule has 19 heavy (non-hydrogen) atoms. The quantitative estimate of drug-likeness (QED) is 0.793. The van der Waals surface area contributed by atoms with Crippen LogP contribution in [0.3, 0.4) is 0 Å². The molecule has 4 nitrogen and oxygen atoms in total. The van der Waals surface area contributed by atoms with Crippen molar-refractivity contribution >= 4 is 11.7 Å². The van der Waals surface area contributed by atoms with Gasteiger partial charge in [-0.1, -0.05) is 12.1 Å². The van der Waals surface area contributed by atoms with E-state index in [1.165, 1.54) is 0 Å². The highest BCUT2D eigenvalue weighted by molar-refractivity contribution is 5.73. The summed E-state index contributed by atoms with van der Waals surface area (Å²) in [4.78, 5) is 11.0. The largest absolute Gasteiger partial charge is 0.489 e. The van der Waals surface area contributed by atoms with Crippen molar-refractivity contribution in [1.29, 1.82) is 0 Å². The van der Waals surface area contributed by atoms with Gasteiger partial charge in [0, 0.05) is 6.54 Å². The van der Waals surface area contributed by atoms with E-state index in [1.807, 2.05) is 38.1 Å². The molecule has 0 radical (unpaired) electrons. The van der Waals surface area contributed by atoms with E-state index in [2.05, 4.69) is 5.32 Å². The minimum Gasteiger partial charge on any atom is -0.489 e. The average Bonchev–Trinajstić information content (AvgIpc) is 2.30. The maximum absolute atomic E-state index is 11.0. The molecular formula is C15H23NO3. The van der Waals surface area contributed by atoms with Crippen LogP contribution in [0.4, 0.5) is 5.69 Å². The second-order valence-corrected chi connectivity index (χ2v) is 5.53. The van der Waals surface area contributed by atoms with Crippen LogP contribution in [0.15, 0.2) is 24.3 Å². The Kier molecular flexibility index (Phi) is 5.21. The highest BCUT2D eigenvalue weighted by Crippen LogP contribution is 2.26. The lowest BCUT2D eigenvalue weighted by Crippen LogP contribution is -2.26. The Morgan fingerprint density at radius 3 is 2.58 bits per heavy atom. The topological polar surface area (TPSA) is 58.6 Å². The molecule has 2 N–H and O–H groups in total. The van der Waals surface area contributed by atoms with Gasteiger partial charge in [-0.2, -0.15) is 0 Å². The number of aliphatic carboxylic acids is 1. The van der Waals surface area contributed by atoms with Crippen LogP contribution < -0.4 is 10.1 Å². The van der Waals surface area contributed by atoms with Gasteiger partial charge >= 0.3 is 5.97 Å². The van der Waals surface area contributed by atoms with Crippen molar-refractivity contribution in [2.24, 2.45) is 5.41 Å². The van der Waals surface area contributed by atoms with Crippen LogP contribution in [0, 0.1) is 5.41 Å². The van der Waals surface area contributed by atoms with Gasteiger partial charge < -0.3 is 15.2 Å². The highest BCUT2D eigenvalue weighted by atomic mass is 16.5. The van der Waals surface area contributed by atoms with Crippen LogP contribution in [0.5, 0.6) is 5.75 Å². The van der Waals surface area contributed by atoms with Crippen LogP contribution >= 0.6 is 0 Å². The lowest BCUT2D eigenvalue weighted by molar-refractivity contribution is -0.147. The van der Waals surface area contributed by atoms with Gasteiger partial charge in [-0.05, 0) is 46.2 Å². The number of carbonyl (C=O) groups is 1. The summed E-state index contributed by atoms with van der Waals surface area (Å²) in [5.41, 5.74) is 0.179. The summed E-state index contributed by atoms with van der Waals surface area (Å²) in [6.07, 6.45) is 0.664. The zero-order valence-electron chi connectivity index (χ0n) is 12.1. The molecule has 0 unspecified atom stereocenters. The monoisotopic (exact) mass is 265 g/mol. The fourth-order valence-electron chi connectivity index (χ4n) is 1.59. The van der Waals surface area contributed by atoms with E-state index >= 15 is 0 Å². The summed E-state index contributed by atoms with van der Waals surface area (Å²) in [6, 6.07) is 7.69. The fourth-order valence-corrected chi connectivity index (χ4v) is 1.59. The third-order valence-electron chi connectivity index (χ3n) is 2.89. The molecule has 0 aliphatic carbocycles. The van der Waals surface area contributed by atoms with E-state index in [9.17, 15) is 4.79 Å². The third kappa shape index (κ3) is 4.81. The van der Waals surface area contributed by atoms with Gasteiger partial charge in [-0.15, -0.1) is 0 Å². The summed E-state index contributed by atoms with van der Waals surface area (Å²) in [5.74, 6) is 0.0200. The van der Waals surface area contributed by atoms with E-state index in [-0.39, 0.29) is 6.10 Å². The second kappa shape index (κ2) is 6.45. The number of hydrogen-bond donors (Lipinski definition) is 2. The first-order chi connectivity index (χ1) is 8.83. The molecular weight excluding hydrogens is 242 g/mol. The zero-order valence-corrected chi connectivity index (χ0v) is 12.1. The van der Waals surface area contributed by atoms with Gasteiger partial charge in [0.05, 0.1) is 17.2 Å². The Morgan fingerprint density at radius 1 is 1.37 bits per heavy atom. The predicted molar refractivity (Wildman–Crippen MR) is 76.7 cm³/mol. The highest BCUT2D eigenvalue weighted by Gasteiger charge is 2.26. The van der Waals surface area contributed by atoms with Crippen LogP contribution in [-0.4, -0.2) is 23.7 Å². The van der Waals surface area contributed by atoms with Crippen molar-refractivity contribution in [2.45, 2.75) is 40.2 Å². The normalized spacial score (nSPS) is 11.4. The smallest absolute Gasteiger partial charge is 0.309 e. The van der Waals surface area contributed by atoms with Crippen LogP contribution in [0.1, 0.15) is 34.1 Å². The standard InChI is InChI=1S/C15H23NO3/c1-11(2)19-13-8-6-5-7-12(13)16-10-9-15(3,4)14(17)18/h5-8,11,16H,9-10H2,1-4H3,(H,17,18).